The second-order valence-corrected chi connectivity index (χ2v) is 6.89. The first kappa shape index (κ1) is 14.4. The highest BCUT2D eigenvalue weighted by Crippen LogP contribution is 2.19. The summed E-state index contributed by atoms with van der Waals surface area (Å²) < 4.78 is 39.7. The maximum atomic E-state index is 13.5. The minimum atomic E-state index is -4.02. The maximum Gasteiger partial charge on any atom is 0.243 e. The Morgan fingerprint density at radius 2 is 2.11 bits per heavy atom. The molecule has 1 saturated carbocycles. The van der Waals surface area contributed by atoms with E-state index < -0.39 is 33.2 Å². The van der Waals surface area contributed by atoms with Gasteiger partial charge >= 0.3 is 0 Å². The van der Waals surface area contributed by atoms with Crippen molar-refractivity contribution in [2.75, 3.05) is 6.54 Å². The van der Waals surface area contributed by atoms with E-state index in [1.807, 2.05) is 0 Å². The predicted molar refractivity (Wildman–Crippen MR) is 70.5 cm³/mol. The van der Waals surface area contributed by atoms with E-state index in [1.54, 1.807) is 0 Å². The van der Waals surface area contributed by atoms with Crippen molar-refractivity contribution in [1.29, 1.82) is 0 Å². The number of halogens is 2. The van der Waals surface area contributed by atoms with Crippen molar-refractivity contribution in [2.45, 2.75) is 23.8 Å². The summed E-state index contributed by atoms with van der Waals surface area (Å²) in [5.74, 6) is -1.28. The molecule has 1 aliphatic carbocycles. The van der Waals surface area contributed by atoms with Gasteiger partial charge in [-0.15, -0.1) is 0 Å². The molecule has 0 heterocycles. The highest BCUT2D eigenvalue weighted by Gasteiger charge is 2.25. The number of hydrogen-bond donors (Lipinski definition) is 2. The van der Waals surface area contributed by atoms with Gasteiger partial charge in [-0.25, -0.2) is 17.5 Å². The Bertz CT molecular complexity index is 602. The lowest BCUT2D eigenvalue weighted by molar-refractivity contribution is -0.120. The fourth-order valence-corrected chi connectivity index (χ4v) is 2.81. The SMILES string of the molecule is O=C(CNS(=O)(=O)c1ccc(Br)cc1F)NC1CC1. The first-order valence-electron chi connectivity index (χ1n) is 5.62. The summed E-state index contributed by atoms with van der Waals surface area (Å²) in [5.41, 5.74) is 0. The summed E-state index contributed by atoms with van der Waals surface area (Å²) in [5, 5.41) is 2.63. The summed E-state index contributed by atoms with van der Waals surface area (Å²) in [6.45, 7) is -0.395. The van der Waals surface area contributed by atoms with E-state index in [0.717, 1.165) is 25.0 Å². The Hall–Kier alpha value is -0.990. The summed E-state index contributed by atoms with van der Waals surface area (Å²) in [6, 6.07) is 3.77. The van der Waals surface area contributed by atoms with Gasteiger partial charge in [-0.3, -0.25) is 4.79 Å². The number of carbonyl (C=O) groups is 1. The molecule has 19 heavy (non-hydrogen) atoms. The molecule has 1 aromatic carbocycles. The molecule has 0 saturated heterocycles. The molecule has 1 fully saturated rings. The van der Waals surface area contributed by atoms with Crippen LogP contribution in [0.3, 0.4) is 0 Å². The van der Waals surface area contributed by atoms with Gasteiger partial charge in [0.25, 0.3) is 0 Å². The molecule has 0 atom stereocenters. The molecule has 0 aromatic heterocycles. The molecule has 2 rings (SSSR count). The van der Waals surface area contributed by atoms with Crippen molar-refractivity contribution >= 4 is 31.9 Å². The lowest BCUT2D eigenvalue weighted by Crippen LogP contribution is -2.38. The fourth-order valence-electron chi connectivity index (χ4n) is 1.44. The van der Waals surface area contributed by atoms with Crippen LogP contribution in [0.15, 0.2) is 27.6 Å². The second-order valence-electron chi connectivity index (χ2n) is 4.24. The van der Waals surface area contributed by atoms with Crippen molar-refractivity contribution in [3.63, 3.8) is 0 Å². The molecule has 0 unspecified atom stereocenters. The smallest absolute Gasteiger partial charge is 0.243 e. The standard InChI is InChI=1S/C11H12BrFN2O3S/c12-7-1-4-10(9(13)5-7)19(17,18)14-6-11(16)15-8-2-3-8/h1,4-5,8,14H,2-3,6H2,(H,15,16). The Balaban J connectivity index is 2.02. The van der Waals surface area contributed by atoms with Crippen LogP contribution in [-0.2, 0) is 14.8 Å². The molecule has 0 spiro atoms. The number of nitrogens with one attached hydrogen (secondary N) is 2. The first-order valence-corrected chi connectivity index (χ1v) is 7.90. The van der Waals surface area contributed by atoms with Crippen molar-refractivity contribution in [2.24, 2.45) is 0 Å². The van der Waals surface area contributed by atoms with Crippen LogP contribution in [0.25, 0.3) is 0 Å². The van der Waals surface area contributed by atoms with Gasteiger partial charge in [-0.2, -0.15) is 0 Å². The predicted octanol–water partition coefficient (Wildman–Crippen LogP) is 1.15. The van der Waals surface area contributed by atoms with Gasteiger partial charge < -0.3 is 5.32 Å². The van der Waals surface area contributed by atoms with Crippen LogP contribution in [0.4, 0.5) is 4.39 Å². The summed E-state index contributed by atoms with van der Waals surface area (Å²) in [7, 11) is -4.02. The molecule has 1 aliphatic rings. The molecular weight excluding hydrogens is 339 g/mol. The summed E-state index contributed by atoms with van der Waals surface area (Å²) >= 11 is 3.04. The number of benzene rings is 1. The third kappa shape index (κ3) is 3.99. The molecule has 0 aliphatic heterocycles. The number of hydrogen-bond acceptors (Lipinski definition) is 3. The minimum absolute atomic E-state index is 0.154. The number of rotatable bonds is 5. The molecule has 1 amide bonds. The van der Waals surface area contributed by atoms with E-state index in [4.69, 9.17) is 0 Å². The average molecular weight is 351 g/mol. The zero-order valence-corrected chi connectivity index (χ0v) is 12.2. The Kier molecular flexibility index (Phi) is 4.22. The van der Waals surface area contributed by atoms with Gasteiger partial charge in [-0.05, 0) is 31.0 Å². The third-order valence-electron chi connectivity index (χ3n) is 2.55. The molecule has 5 nitrogen and oxygen atoms in total. The van der Waals surface area contributed by atoms with Crippen LogP contribution < -0.4 is 10.0 Å². The monoisotopic (exact) mass is 350 g/mol. The summed E-state index contributed by atoms with van der Waals surface area (Å²) in [4.78, 5) is 10.9. The highest BCUT2D eigenvalue weighted by molar-refractivity contribution is 9.10. The lowest BCUT2D eigenvalue weighted by atomic mass is 10.3. The third-order valence-corrected chi connectivity index (χ3v) is 4.48. The zero-order valence-electron chi connectivity index (χ0n) is 9.82. The normalized spacial score (nSPS) is 15.3. The van der Waals surface area contributed by atoms with Crippen molar-refractivity contribution in [3.8, 4) is 0 Å². The average Bonchev–Trinajstić information content (AvgIpc) is 3.10. The molecular formula is C11H12BrFN2O3S. The van der Waals surface area contributed by atoms with Crippen molar-refractivity contribution in [1.82, 2.24) is 10.0 Å². The first-order chi connectivity index (χ1) is 8.88. The fraction of sp³-hybridized carbons (Fsp3) is 0.364. The minimum Gasteiger partial charge on any atom is -0.352 e. The Labute approximate surface area is 118 Å². The van der Waals surface area contributed by atoms with Crippen LogP contribution in [0.1, 0.15) is 12.8 Å². The quantitative estimate of drug-likeness (QED) is 0.836. The largest absolute Gasteiger partial charge is 0.352 e. The zero-order chi connectivity index (χ0) is 14.0. The van der Waals surface area contributed by atoms with Gasteiger partial charge in [0, 0.05) is 10.5 Å². The van der Waals surface area contributed by atoms with Crippen LogP contribution in [0.2, 0.25) is 0 Å². The van der Waals surface area contributed by atoms with E-state index >= 15 is 0 Å². The molecule has 8 heteroatoms. The maximum absolute atomic E-state index is 13.5. The van der Waals surface area contributed by atoms with Gasteiger partial charge in [0.15, 0.2) is 0 Å². The van der Waals surface area contributed by atoms with Crippen LogP contribution in [-0.4, -0.2) is 26.9 Å². The van der Waals surface area contributed by atoms with E-state index in [9.17, 15) is 17.6 Å². The molecule has 2 N–H and O–H groups in total. The number of amides is 1. The van der Waals surface area contributed by atoms with Crippen LogP contribution in [0.5, 0.6) is 0 Å². The van der Waals surface area contributed by atoms with Crippen LogP contribution >= 0.6 is 15.9 Å². The van der Waals surface area contributed by atoms with Gasteiger partial charge in [0.05, 0.1) is 6.54 Å². The van der Waals surface area contributed by atoms with E-state index in [0.29, 0.717) is 4.47 Å². The van der Waals surface area contributed by atoms with Gasteiger partial charge in [0.1, 0.15) is 10.7 Å². The van der Waals surface area contributed by atoms with Crippen molar-refractivity contribution in [3.05, 3.63) is 28.5 Å². The van der Waals surface area contributed by atoms with Gasteiger partial charge in [0.2, 0.25) is 15.9 Å². The van der Waals surface area contributed by atoms with Crippen LogP contribution in [0, 0.1) is 5.82 Å². The number of sulfonamides is 1. The summed E-state index contributed by atoms with van der Waals surface area (Å²) in [6.07, 6.45) is 1.83. The Morgan fingerprint density at radius 1 is 1.42 bits per heavy atom. The highest BCUT2D eigenvalue weighted by atomic mass is 79.9. The van der Waals surface area contributed by atoms with Gasteiger partial charge in [-0.1, -0.05) is 15.9 Å². The second kappa shape index (κ2) is 5.56. The van der Waals surface area contributed by atoms with Crippen molar-refractivity contribution < 1.29 is 17.6 Å². The van der Waals surface area contributed by atoms with E-state index in [2.05, 4.69) is 26.0 Å². The Morgan fingerprint density at radius 3 is 2.68 bits per heavy atom. The molecule has 0 radical (unpaired) electrons. The lowest BCUT2D eigenvalue weighted by Gasteiger charge is -2.08. The molecule has 1 aromatic rings. The molecule has 0 bridgehead atoms. The van der Waals surface area contributed by atoms with E-state index in [-0.39, 0.29) is 6.04 Å². The molecule has 104 valence electrons. The van der Waals surface area contributed by atoms with E-state index in [1.165, 1.54) is 6.07 Å². The topological polar surface area (TPSA) is 75.3 Å². The number of carbonyl (C=O) groups excluding carboxylic acids is 1.